The number of carbonyl (C=O) groups excluding carboxylic acids is 1. The Kier molecular flexibility index (Phi) is 10.6. The van der Waals surface area contributed by atoms with Crippen molar-refractivity contribution in [3.05, 3.63) is 65.4 Å². The maximum absolute atomic E-state index is 14.2. The molecule has 0 radical (unpaired) electrons. The molecule has 2 aromatic carbocycles. The predicted molar refractivity (Wildman–Crippen MR) is 166 cm³/mol. The van der Waals surface area contributed by atoms with Gasteiger partial charge in [-0.2, -0.15) is 0 Å². The summed E-state index contributed by atoms with van der Waals surface area (Å²) in [4.78, 5) is 14.0. The normalized spacial score (nSPS) is 13.1. The van der Waals surface area contributed by atoms with Crippen LogP contribution in [0.4, 0.5) is 5.82 Å². The number of primary amides is 1. The van der Waals surface area contributed by atoms with Crippen LogP contribution in [0.5, 0.6) is 0 Å². The highest BCUT2D eigenvalue weighted by molar-refractivity contribution is 7.93. The number of nitrogens with two attached hydrogens (primary N) is 1. The number of carbonyl (C=O) groups is 1. The van der Waals surface area contributed by atoms with E-state index in [1.165, 1.54) is 4.31 Å². The lowest BCUT2D eigenvalue weighted by molar-refractivity contribution is -0.124. The fourth-order valence-electron chi connectivity index (χ4n) is 4.69. The van der Waals surface area contributed by atoms with Crippen molar-refractivity contribution in [3.63, 3.8) is 0 Å². The molecule has 11 heteroatoms. The number of sulfonamides is 1. The molecule has 0 aliphatic carbocycles. The van der Waals surface area contributed by atoms with Gasteiger partial charge in [-0.25, -0.2) is 12.7 Å². The van der Waals surface area contributed by atoms with Crippen LogP contribution >= 0.6 is 0 Å². The number of amides is 1. The van der Waals surface area contributed by atoms with Gasteiger partial charge in [-0.3, -0.25) is 9.69 Å². The summed E-state index contributed by atoms with van der Waals surface area (Å²) in [5.74, 6) is 0.489. The fourth-order valence-corrected chi connectivity index (χ4v) is 7.01. The molecule has 0 aliphatic heterocycles. The summed E-state index contributed by atoms with van der Waals surface area (Å²) in [5, 5.41) is 4.08. The Morgan fingerprint density at radius 2 is 1.71 bits per heavy atom. The monoisotopic (exact) mass is 600 g/mol. The molecule has 1 aromatic heterocycles. The van der Waals surface area contributed by atoms with Gasteiger partial charge in [0.2, 0.25) is 5.91 Å². The van der Waals surface area contributed by atoms with E-state index in [0.29, 0.717) is 30.0 Å². The largest absolute Gasteiger partial charge is 0.368 e. The molecule has 9 nitrogen and oxygen atoms in total. The van der Waals surface area contributed by atoms with Gasteiger partial charge in [-0.1, -0.05) is 81.1 Å². The molecule has 1 heterocycles. The molecule has 0 spiro atoms. The number of hydrogen-bond donors (Lipinski definition) is 1. The van der Waals surface area contributed by atoms with Gasteiger partial charge in [0, 0.05) is 32.4 Å². The number of benzene rings is 2. The Morgan fingerprint density at radius 1 is 1.07 bits per heavy atom. The van der Waals surface area contributed by atoms with Crippen LogP contribution in [0.2, 0.25) is 25.7 Å². The summed E-state index contributed by atoms with van der Waals surface area (Å²) in [5.41, 5.74) is 8.56. The second-order valence-electron chi connectivity index (χ2n) is 12.1. The molecule has 1 atom stereocenters. The molecule has 41 heavy (non-hydrogen) atoms. The van der Waals surface area contributed by atoms with Gasteiger partial charge in [0.25, 0.3) is 10.0 Å². The zero-order chi connectivity index (χ0) is 30.5. The van der Waals surface area contributed by atoms with Crippen molar-refractivity contribution in [2.24, 2.45) is 11.7 Å². The Labute approximate surface area is 245 Å². The summed E-state index contributed by atoms with van der Waals surface area (Å²) in [6.07, 6.45) is 0. The lowest BCUT2D eigenvalue weighted by Crippen LogP contribution is -2.45. The summed E-state index contributed by atoms with van der Waals surface area (Å²) < 4.78 is 40.9. The van der Waals surface area contributed by atoms with Crippen LogP contribution in [-0.4, -0.2) is 58.9 Å². The number of aryl methyl sites for hydroxylation is 1. The van der Waals surface area contributed by atoms with Crippen molar-refractivity contribution in [2.75, 3.05) is 24.7 Å². The summed E-state index contributed by atoms with van der Waals surface area (Å²) >= 11 is 0. The minimum Gasteiger partial charge on any atom is -0.368 e. The van der Waals surface area contributed by atoms with Crippen LogP contribution in [0.1, 0.15) is 30.7 Å². The highest BCUT2D eigenvalue weighted by atomic mass is 32.2. The van der Waals surface area contributed by atoms with Gasteiger partial charge in [0.15, 0.2) is 5.82 Å². The van der Waals surface area contributed by atoms with Gasteiger partial charge in [-0.15, -0.1) is 0 Å². The average Bonchev–Trinajstić information content (AvgIpc) is 3.20. The molecule has 0 unspecified atom stereocenters. The second-order valence-corrected chi connectivity index (χ2v) is 19.5. The van der Waals surface area contributed by atoms with Crippen molar-refractivity contribution < 1.29 is 22.5 Å². The van der Waals surface area contributed by atoms with E-state index in [1.54, 1.807) is 32.0 Å². The van der Waals surface area contributed by atoms with Crippen LogP contribution in [0.25, 0.3) is 11.1 Å². The zero-order valence-electron chi connectivity index (χ0n) is 25.5. The standard InChI is InChI=1S/C30H44N4O5SSi/c1-21(2)28(29(31)35)33(5)19-24-13-15-25(16-14-24)26-11-9-10-12-27(26)40(36,37)34(20-38-17-18-41(6,7)8)30-22(3)23(4)39-32-30/h9-16,21,28H,17-20H2,1-8H3,(H2,31,35)/t28-/m0/s1. The first-order valence-electron chi connectivity index (χ1n) is 13.8. The van der Waals surface area contributed by atoms with E-state index in [1.807, 2.05) is 56.1 Å². The van der Waals surface area contributed by atoms with Crippen molar-refractivity contribution in [1.82, 2.24) is 10.1 Å². The number of nitrogens with zero attached hydrogens (tertiary/aromatic N) is 3. The Morgan fingerprint density at radius 3 is 2.24 bits per heavy atom. The summed E-state index contributed by atoms with van der Waals surface area (Å²) in [6.45, 7) is 15.0. The molecule has 0 saturated carbocycles. The molecule has 0 fully saturated rings. The predicted octanol–water partition coefficient (Wildman–Crippen LogP) is 5.41. The summed E-state index contributed by atoms with van der Waals surface area (Å²) in [6, 6.07) is 15.1. The van der Waals surface area contributed by atoms with Crippen LogP contribution in [0, 0.1) is 19.8 Å². The van der Waals surface area contributed by atoms with Gasteiger partial charge >= 0.3 is 0 Å². The number of likely N-dealkylation sites (N-methyl/N-ethyl adjacent to an activating group) is 1. The Hall–Kier alpha value is -2.99. The highest BCUT2D eigenvalue weighted by Crippen LogP contribution is 2.33. The molecular weight excluding hydrogens is 557 g/mol. The molecule has 3 aromatic rings. The molecule has 224 valence electrons. The van der Waals surface area contributed by atoms with Crippen LogP contribution in [-0.2, 0) is 26.1 Å². The number of rotatable bonds is 14. The SMILES string of the molecule is Cc1onc(N(COCC[Si](C)(C)C)S(=O)(=O)c2ccccc2-c2ccc(CN(C)[C@H](C(N)=O)C(C)C)cc2)c1C. The third-order valence-corrected chi connectivity index (χ3v) is 10.6. The Balaban J connectivity index is 1.94. The molecule has 3 rings (SSSR count). The van der Waals surface area contributed by atoms with Crippen molar-refractivity contribution in [1.29, 1.82) is 0 Å². The van der Waals surface area contributed by atoms with E-state index in [4.69, 9.17) is 15.0 Å². The fraction of sp³-hybridized carbons (Fsp3) is 0.467. The van der Waals surface area contributed by atoms with Crippen LogP contribution < -0.4 is 10.0 Å². The number of hydrogen-bond acceptors (Lipinski definition) is 7. The third kappa shape index (κ3) is 8.06. The molecule has 0 bridgehead atoms. The zero-order valence-corrected chi connectivity index (χ0v) is 27.3. The average molecular weight is 601 g/mol. The third-order valence-electron chi connectivity index (χ3n) is 7.12. The maximum Gasteiger partial charge on any atom is 0.268 e. The van der Waals surface area contributed by atoms with Crippen molar-refractivity contribution >= 4 is 29.8 Å². The maximum atomic E-state index is 14.2. The lowest BCUT2D eigenvalue weighted by atomic mass is 10.0. The number of anilines is 1. The van der Waals surface area contributed by atoms with E-state index in [-0.39, 0.29) is 35.3 Å². The first kappa shape index (κ1) is 32.5. The minimum absolute atomic E-state index is 0.0773. The smallest absolute Gasteiger partial charge is 0.268 e. The highest BCUT2D eigenvalue weighted by Gasteiger charge is 2.32. The number of ether oxygens (including phenoxy) is 1. The van der Waals surface area contributed by atoms with Crippen LogP contribution in [0.15, 0.2) is 57.9 Å². The van der Waals surface area contributed by atoms with Crippen molar-refractivity contribution in [3.8, 4) is 11.1 Å². The second kappa shape index (κ2) is 13.3. The Bertz CT molecular complexity index is 1430. The van der Waals surface area contributed by atoms with Crippen molar-refractivity contribution in [2.45, 2.75) is 70.9 Å². The van der Waals surface area contributed by atoms with E-state index in [9.17, 15) is 13.2 Å². The number of aromatic nitrogens is 1. The first-order valence-corrected chi connectivity index (χ1v) is 19.0. The quantitative estimate of drug-likeness (QED) is 0.149. The van der Waals surface area contributed by atoms with E-state index < -0.39 is 18.1 Å². The van der Waals surface area contributed by atoms with Gasteiger partial charge in [0.05, 0.1) is 10.9 Å². The topological polar surface area (TPSA) is 119 Å². The summed E-state index contributed by atoms with van der Waals surface area (Å²) in [7, 11) is -3.57. The molecule has 0 saturated heterocycles. The van der Waals surface area contributed by atoms with Gasteiger partial charge in [0.1, 0.15) is 12.5 Å². The van der Waals surface area contributed by atoms with Gasteiger partial charge in [-0.05, 0) is 50.1 Å². The van der Waals surface area contributed by atoms with E-state index >= 15 is 0 Å². The van der Waals surface area contributed by atoms with Crippen LogP contribution in [0.3, 0.4) is 0 Å². The molecule has 1 amide bonds. The van der Waals surface area contributed by atoms with Gasteiger partial charge < -0.3 is 15.0 Å². The van der Waals surface area contributed by atoms with E-state index in [0.717, 1.165) is 17.2 Å². The lowest BCUT2D eigenvalue weighted by Gasteiger charge is -2.28. The first-order chi connectivity index (χ1) is 19.1. The minimum atomic E-state index is -4.08. The molecular formula is C30H44N4O5SSi. The molecule has 2 N–H and O–H groups in total. The van der Waals surface area contributed by atoms with E-state index in [2.05, 4.69) is 24.8 Å². The molecule has 0 aliphatic rings.